The van der Waals surface area contributed by atoms with Crippen molar-refractivity contribution in [3.8, 4) is 0 Å². The Morgan fingerprint density at radius 3 is 2.94 bits per heavy atom. The molecule has 0 bridgehead atoms. The van der Waals surface area contributed by atoms with Gasteiger partial charge in [0.05, 0.1) is 13.4 Å². The van der Waals surface area contributed by atoms with Gasteiger partial charge in [-0.3, -0.25) is 0 Å². The Bertz CT molecular complexity index is 539. The zero-order valence-electron chi connectivity index (χ0n) is 8.72. The Balaban J connectivity index is 2.57. The smallest absolute Gasteiger partial charge is 0.328 e. The summed E-state index contributed by atoms with van der Waals surface area (Å²) in [4.78, 5) is 23.2. The minimum Gasteiger partial charge on any atom is -0.467 e. The van der Waals surface area contributed by atoms with Crippen molar-refractivity contribution >= 4 is 28.7 Å². The zero-order valence-corrected chi connectivity index (χ0v) is 9.47. The molecule has 0 saturated carbocycles. The van der Waals surface area contributed by atoms with Gasteiger partial charge in [-0.1, -0.05) is 11.6 Å². The second-order valence-electron chi connectivity index (χ2n) is 3.19. The zero-order chi connectivity index (χ0) is 11.7. The number of esters is 1. The third-order valence-corrected chi connectivity index (χ3v) is 2.56. The van der Waals surface area contributed by atoms with E-state index >= 15 is 0 Å². The summed E-state index contributed by atoms with van der Waals surface area (Å²) in [6.45, 7) is 1.69. The fraction of sp³-hybridized carbons (Fsp3) is 0.333. The van der Waals surface area contributed by atoms with Crippen LogP contribution in [0.1, 0.15) is 13.0 Å². The lowest BCUT2D eigenvalue weighted by molar-refractivity contribution is -0.143. The molecule has 0 aliphatic rings. The van der Waals surface area contributed by atoms with E-state index in [-0.39, 0.29) is 11.1 Å². The number of hydrogen-bond acceptors (Lipinski definition) is 5. The molecule has 0 radical (unpaired) electrons. The highest BCUT2D eigenvalue weighted by atomic mass is 35.5. The van der Waals surface area contributed by atoms with Crippen molar-refractivity contribution in [1.82, 2.24) is 19.5 Å². The number of carbonyl (C=O) groups is 1. The van der Waals surface area contributed by atoms with Gasteiger partial charge < -0.3 is 9.30 Å². The molecule has 16 heavy (non-hydrogen) atoms. The number of carbonyl (C=O) groups excluding carboxylic acids is 1. The molecule has 7 heteroatoms. The van der Waals surface area contributed by atoms with E-state index in [0.29, 0.717) is 11.2 Å². The number of halogens is 1. The van der Waals surface area contributed by atoms with E-state index in [1.54, 1.807) is 11.5 Å². The van der Waals surface area contributed by atoms with Gasteiger partial charge >= 0.3 is 5.97 Å². The van der Waals surface area contributed by atoms with Crippen LogP contribution in [0.2, 0.25) is 5.15 Å². The summed E-state index contributed by atoms with van der Waals surface area (Å²) in [7, 11) is 1.33. The molecule has 0 aliphatic heterocycles. The fourth-order valence-electron chi connectivity index (χ4n) is 1.42. The Hall–Kier alpha value is -1.69. The van der Waals surface area contributed by atoms with Crippen LogP contribution >= 0.6 is 11.6 Å². The van der Waals surface area contributed by atoms with Gasteiger partial charge in [0.1, 0.15) is 17.9 Å². The number of methoxy groups -OCH3 is 1. The van der Waals surface area contributed by atoms with Crippen LogP contribution in [0.25, 0.3) is 11.2 Å². The highest BCUT2D eigenvalue weighted by Crippen LogP contribution is 2.22. The Kier molecular flexibility index (Phi) is 2.74. The molecular formula is C9H9ClN4O2. The average Bonchev–Trinajstić information content (AvgIpc) is 2.72. The third kappa shape index (κ3) is 1.61. The number of rotatable bonds is 2. The summed E-state index contributed by atoms with van der Waals surface area (Å²) in [6.07, 6.45) is 2.82. The second-order valence-corrected chi connectivity index (χ2v) is 3.55. The van der Waals surface area contributed by atoms with E-state index in [9.17, 15) is 4.79 Å². The Morgan fingerprint density at radius 2 is 2.25 bits per heavy atom. The van der Waals surface area contributed by atoms with Crippen LogP contribution in [-0.4, -0.2) is 32.6 Å². The molecule has 84 valence electrons. The van der Waals surface area contributed by atoms with Crippen molar-refractivity contribution < 1.29 is 9.53 Å². The summed E-state index contributed by atoms with van der Waals surface area (Å²) in [6, 6.07) is -0.515. The molecule has 0 saturated heterocycles. The lowest BCUT2D eigenvalue weighted by atomic mass is 10.3. The average molecular weight is 241 g/mol. The highest BCUT2D eigenvalue weighted by Gasteiger charge is 2.19. The fourth-order valence-corrected chi connectivity index (χ4v) is 1.64. The Labute approximate surface area is 96.2 Å². The number of aromatic nitrogens is 4. The third-order valence-electron chi connectivity index (χ3n) is 2.28. The lowest BCUT2D eigenvalue weighted by Crippen LogP contribution is -2.17. The second kappa shape index (κ2) is 4.05. The van der Waals surface area contributed by atoms with Crippen LogP contribution in [0.4, 0.5) is 0 Å². The highest BCUT2D eigenvalue weighted by molar-refractivity contribution is 6.33. The number of ether oxygens (including phenoxy) is 1. The SMILES string of the molecule is COC(=O)C(C)n1cnc2ncnc(Cl)c21. The lowest BCUT2D eigenvalue weighted by Gasteiger charge is -2.11. The van der Waals surface area contributed by atoms with Gasteiger partial charge in [-0.15, -0.1) is 0 Å². The van der Waals surface area contributed by atoms with Crippen molar-refractivity contribution in [2.24, 2.45) is 0 Å². The molecule has 0 aliphatic carbocycles. The molecule has 0 N–H and O–H groups in total. The monoisotopic (exact) mass is 240 g/mol. The summed E-state index contributed by atoms with van der Waals surface area (Å²) in [5, 5.41) is 0.262. The molecule has 0 amide bonds. The van der Waals surface area contributed by atoms with E-state index in [1.807, 2.05) is 0 Å². The van der Waals surface area contributed by atoms with Crippen LogP contribution in [0, 0.1) is 0 Å². The number of imidazole rings is 1. The summed E-state index contributed by atoms with van der Waals surface area (Å²) in [5.74, 6) is -0.376. The molecule has 6 nitrogen and oxygen atoms in total. The first-order valence-corrected chi connectivity index (χ1v) is 4.93. The first kappa shape index (κ1) is 10.8. The van der Waals surface area contributed by atoms with Crippen LogP contribution in [0.3, 0.4) is 0 Å². The van der Waals surface area contributed by atoms with Crippen LogP contribution in [0.15, 0.2) is 12.7 Å². The topological polar surface area (TPSA) is 69.9 Å². The standard InChI is InChI=1S/C9H9ClN4O2/c1-5(9(15)16-2)14-4-13-8-6(14)7(10)11-3-12-8/h3-5H,1-2H3. The van der Waals surface area contributed by atoms with Gasteiger partial charge in [0.25, 0.3) is 0 Å². The van der Waals surface area contributed by atoms with Crippen molar-refractivity contribution in [2.75, 3.05) is 7.11 Å². The van der Waals surface area contributed by atoms with Gasteiger partial charge in [-0.25, -0.2) is 19.7 Å². The quantitative estimate of drug-likeness (QED) is 0.583. The summed E-state index contributed by atoms with van der Waals surface area (Å²) in [5.41, 5.74) is 0.984. The summed E-state index contributed by atoms with van der Waals surface area (Å²) < 4.78 is 6.24. The summed E-state index contributed by atoms with van der Waals surface area (Å²) >= 11 is 5.93. The normalized spacial score (nSPS) is 12.7. The van der Waals surface area contributed by atoms with E-state index in [4.69, 9.17) is 11.6 Å². The molecule has 2 rings (SSSR count). The van der Waals surface area contributed by atoms with Gasteiger partial charge in [0, 0.05) is 0 Å². The molecule has 1 unspecified atom stereocenters. The number of fused-ring (bicyclic) bond motifs is 1. The molecule has 0 spiro atoms. The van der Waals surface area contributed by atoms with Gasteiger partial charge in [0.2, 0.25) is 0 Å². The molecule has 2 aromatic heterocycles. The van der Waals surface area contributed by atoms with Gasteiger partial charge in [-0.05, 0) is 6.92 Å². The van der Waals surface area contributed by atoms with Gasteiger partial charge in [-0.2, -0.15) is 0 Å². The van der Waals surface area contributed by atoms with Crippen LogP contribution in [0.5, 0.6) is 0 Å². The maximum Gasteiger partial charge on any atom is 0.328 e. The van der Waals surface area contributed by atoms with E-state index in [2.05, 4.69) is 19.7 Å². The van der Waals surface area contributed by atoms with Crippen molar-refractivity contribution in [1.29, 1.82) is 0 Å². The van der Waals surface area contributed by atoms with E-state index in [0.717, 1.165) is 0 Å². The maximum atomic E-state index is 11.4. The minimum absolute atomic E-state index is 0.262. The van der Waals surface area contributed by atoms with E-state index in [1.165, 1.54) is 19.8 Å². The van der Waals surface area contributed by atoms with Gasteiger partial charge in [0.15, 0.2) is 10.8 Å². The van der Waals surface area contributed by atoms with Crippen molar-refractivity contribution in [2.45, 2.75) is 13.0 Å². The maximum absolute atomic E-state index is 11.4. The predicted molar refractivity (Wildman–Crippen MR) is 57.1 cm³/mol. The van der Waals surface area contributed by atoms with Crippen molar-refractivity contribution in [3.63, 3.8) is 0 Å². The van der Waals surface area contributed by atoms with Crippen LogP contribution in [-0.2, 0) is 9.53 Å². The molecule has 2 heterocycles. The predicted octanol–water partition coefficient (Wildman–Crippen LogP) is 1.21. The first-order valence-electron chi connectivity index (χ1n) is 4.56. The minimum atomic E-state index is -0.515. The van der Waals surface area contributed by atoms with Crippen LogP contribution < -0.4 is 0 Å². The molecule has 0 fully saturated rings. The Morgan fingerprint density at radius 1 is 1.50 bits per heavy atom. The number of nitrogens with zero attached hydrogens (tertiary/aromatic N) is 4. The van der Waals surface area contributed by atoms with E-state index < -0.39 is 6.04 Å². The van der Waals surface area contributed by atoms with Crippen molar-refractivity contribution in [3.05, 3.63) is 17.8 Å². The molecular weight excluding hydrogens is 232 g/mol. The largest absolute Gasteiger partial charge is 0.467 e. The number of hydrogen-bond donors (Lipinski definition) is 0. The first-order chi connectivity index (χ1) is 7.65. The molecule has 1 atom stereocenters. The molecule has 2 aromatic rings. The molecule has 0 aromatic carbocycles.